The van der Waals surface area contributed by atoms with Crippen LogP contribution < -0.4 is 5.32 Å². The van der Waals surface area contributed by atoms with E-state index < -0.39 is 11.6 Å². The van der Waals surface area contributed by atoms with Crippen LogP contribution in [0.5, 0.6) is 0 Å². The zero-order valence-electron chi connectivity index (χ0n) is 10.2. The predicted octanol–water partition coefficient (Wildman–Crippen LogP) is 1.60. The van der Waals surface area contributed by atoms with E-state index in [4.69, 9.17) is 0 Å². The molecule has 1 N–H and O–H groups in total. The first-order chi connectivity index (χ1) is 8.61. The van der Waals surface area contributed by atoms with Gasteiger partial charge in [-0.25, -0.2) is 13.8 Å². The lowest BCUT2D eigenvalue weighted by atomic mass is 10.0. The number of rotatable bonds is 4. The van der Waals surface area contributed by atoms with Crippen molar-refractivity contribution in [2.75, 3.05) is 7.05 Å². The van der Waals surface area contributed by atoms with Crippen LogP contribution in [0, 0.1) is 11.6 Å². The monoisotopic (exact) mass is 252 g/mol. The van der Waals surface area contributed by atoms with Crippen molar-refractivity contribution in [3.8, 4) is 0 Å². The quantitative estimate of drug-likeness (QED) is 0.898. The SMILES string of the molecule is CNC(Cc1ncnn1C)c1ccc(F)c(F)c1. The fourth-order valence-corrected chi connectivity index (χ4v) is 1.80. The first kappa shape index (κ1) is 12.6. The smallest absolute Gasteiger partial charge is 0.159 e. The third-order valence-electron chi connectivity index (χ3n) is 2.89. The van der Waals surface area contributed by atoms with Crippen LogP contribution in [0.3, 0.4) is 0 Å². The largest absolute Gasteiger partial charge is 0.313 e. The summed E-state index contributed by atoms with van der Waals surface area (Å²) in [7, 11) is 3.56. The van der Waals surface area contributed by atoms with Gasteiger partial charge in [0.15, 0.2) is 11.6 Å². The van der Waals surface area contributed by atoms with Crippen LogP contribution in [-0.2, 0) is 13.5 Å². The highest BCUT2D eigenvalue weighted by Gasteiger charge is 2.15. The van der Waals surface area contributed by atoms with Gasteiger partial charge >= 0.3 is 0 Å². The van der Waals surface area contributed by atoms with Crippen LogP contribution >= 0.6 is 0 Å². The molecule has 0 radical (unpaired) electrons. The number of hydrogen-bond acceptors (Lipinski definition) is 3. The molecule has 96 valence electrons. The Morgan fingerprint density at radius 2 is 2.11 bits per heavy atom. The van der Waals surface area contributed by atoms with Crippen LogP contribution in [0.15, 0.2) is 24.5 Å². The molecule has 0 saturated carbocycles. The Hall–Kier alpha value is -1.82. The van der Waals surface area contributed by atoms with E-state index in [1.807, 2.05) is 0 Å². The van der Waals surface area contributed by atoms with Gasteiger partial charge in [0.1, 0.15) is 12.2 Å². The molecule has 0 spiro atoms. The molecule has 1 heterocycles. The number of hydrogen-bond donors (Lipinski definition) is 1. The van der Waals surface area contributed by atoms with Crippen molar-refractivity contribution in [3.05, 3.63) is 47.5 Å². The summed E-state index contributed by atoms with van der Waals surface area (Å²) in [6.45, 7) is 0. The molecule has 0 bridgehead atoms. The standard InChI is InChI=1S/C12H14F2N4/c1-15-11(6-12-16-7-17-18(12)2)8-3-4-9(13)10(14)5-8/h3-5,7,11,15H,6H2,1-2H3. The number of benzene rings is 1. The predicted molar refractivity (Wildman–Crippen MR) is 62.9 cm³/mol. The van der Waals surface area contributed by atoms with Gasteiger partial charge in [-0.05, 0) is 24.7 Å². The summed E-state index contributed by atoms with van der Waals surface area (Å²) in [5.41, 5.74) is 0.680. The van der Waals surface area contributed by atoms with Crippen LogP contribution in [0.25, 0.3) is 0 Å². The van der Waals surface area contributed by atoms with Gasteiger partial charge in [-0.2, -0.15) is 5.10 Å². The lowest BCUT2D eigenvalue weighted by molar-refractivity contribution is 0.498. The maximum atomic E-state index is 13.2. The van der Waals surface area contributed by atoms with Crippen molar-refractivity contribution < 1.29 is 8.78 Å². The number of nitrogens with one attached hydrogen (secondary N) is 1. The molecule has 1 unspecified atom stereocenters. The summed E-state index contributed by atoms with van der Waals surface area (Å²) >= 11 is 0. The molecule has 0 amide bonds. The van der Waals surface area contributed by atoms with Gasteiger partial charge < -0.3 is 5.32 Å². The molecule has 2 rings (SSSR count). The molecule has 1 atom stereocenters. The second-order valence-electron chi connectivity index (χ2n) is 4.02. The average molecular weight is 252 g/mol. The molecule has 6 heteroatoms. The molecular weight excluding hydrogens is 238 g/mol. The van der Waals surface area contributed by atoms with E-state index in [9.17, 15) is 8.78 Å². The molecule has 1 aromatic heterocycles. The zero-order valence-corrected chi connectivity index (χ0v) is 10.2. The minimum Gasteiger partial charge on any atom is -0.313 e. The third kappa shape index (κ3) is 2.53. The summed E-state index contributed by atoms with van der Waals surface area (Å²) in [5, 5.41) is 7.03. The number of likely N-dealkylation sites (N-methyl/N-ethyl adjacent to an activating group) is 1. The van der Waals surface area contributed by atoms with Crippen LogP contribution in [0.4, 0.5) is 8.78 Å². The molecule has 18 heavy (non-hydrogen) atoms. The van der Waals surface area contributed by atoms with E-state index in [0.717, 1.165) is 11.9 Å². The van der Waals surface area contributed by atoms with E-state index >= 15 is 0 Å². The molecular formula is C12H14F2N4. The fraction of sp³-hybridized carbons (Fsp3) is 0.333. The molecule has 0 aliphatic heterocycles. The highest BCUT2D eigenvalue weighted by atomic mass is 19.2. The van der Waals surface area contributed by atoms with Crippen molar-refractivity contribution in [1.82, 2.24) is 20.1 Å². The molecule has 2 aromatic rings. The number of aryl methyl sites for hydroxylation is 1. The topological polar surface area (TPSA) is 42.7 Å². The van der Waals surface area contributed by atoms with Crippen molar-refractivity contribution in [2.45, 2.75) is 12.5 Å². The van der Waals surface area contributed by atoms with Gasteiger partial charge in [0.05, 0.1) is 0 Å². The van der Waals surface area contributed by atoms with Crippen molar-refractivity contribution in [3.63, 3.8) is 0 Å². The Morgan fingerprint density at radius 1 is 1.33 bits per heavy atom. The van der Waals surface area contributed by atoms with Crippen molar-refractivity contribution in [1.29, 1.82) is 0 Å². The molecule has 0 saturated heterocycles. The maximum Gasteiger partial charge on any atom is 0.159 e. The summed E-state index contributed by atoms with van der Waals surface area (Å²) in [6.07, 6.45) is 2.02. The average Bonchev–Trinajstić information content (AvgIpc) is 2.75. The minimum absolute atomic E-state index is 0.136. The second-order valence-corrected chi connectivity index (χ2v) is 4.02. The first-order valence-electron chi connectivity index (χ1n) is 5.57. The van der Waals surface area contributed by atoms with E-state index in [1.54, 1.807) is 24.8 Å². The summed E-state index contributed by atoms with van der Waals surface area (Å²) in [5.74, 6) is -0.906. The van der Waals surface area contributed by atoms with Crippen LogP contribution in [0.1, 0.15) is 17.4 Å². The minimum atomic E-state index is -0.842. The maximum absolute atomic E-state index is 13.2. The van der Waals surface area contributed by atoms with Crippen molar-refractivity contribution in [2.24, 2.45) is 7.05 Å². The normalized spacial score (nSPS) is 12.7. The van der Waals surface area contributed by atoms with E-state index in [2.05, 4.69) is 15.4 Å². The number of halogens is 2. The Balaban J connectivity index is 2.23. The lowest BCUT2D eigenvalue weighted by Gasteiger charge is -2.16. The number of aromatic nitrogens is 3. The van der Waals surface area contributed by atoms with Gasteiger partial charge in [-0.15, -0.1) is 0 Å². The van der Waals surface area contributed by atoms with Gasteiger partial charge in [-0.1, -0.05) is 6.07 Å². The molecule has 0 aliphatic carbocycles. The van der Waals surface area contributed by atoms with Gasteiger partial charge in [0, 0.05) is 19.5 Å². The van der Waals surface area contributed by atoms with Crippen LogP contribution in [-0.4, -0.2) is 21.8 Å². The Morgan fingerprint density at radius 3 is 2.67 bits per heavy atom. The second kappa shape index (κ2) is 5.22. The van der Waals surface area contributed by atoms with E-state index in [0.29, 0.717) is 12.0 Å². The Kier molecular flexibility index (Phi) is 3.66. The summed E-state index contributed by atoms with van der Waals surface area (Å²) in [4.78, 5) is 4.11. The highest BCUT2D eigenvalue weighted by molar-refractivity contribution is 5.22. The van der Waals surface area contributed by atoms with Crippen molar-refractivity contribution >= 4 is 0 Å². The summed E-state index contributed by atoms with van der Waals surface area (Å²) in [6, 6.07) is 3.76. The van der Waals surface area contributed by atoms with Gasteiger partial charge in [-0.3, -0.25) is 4.68 Å². The van der Waals surface area contributed by atoms with Gasteiger partial charge in [0.25, 0.3) is 0 Å². The van der Waals surface area contributed by atoms with Crippen LogP contribution in [0.2, 0.25) is 0 Å². The summed E-state index contributed by atoms with van der Waals surface area (Å²) < 4.78 is 27.7. The lowest BCUT2D eigenvalue weighted by Crippen LogP contribution is -2.21. The van der Waals surface area contributed by atoms with E-state index in [1.165, 1.54) is 12.4 Å². The molecule has 1 aromatic carbocycles. The third-order valence-corrected chi connectivity index (χ3v) is 2.89. The Labute approximate surface area is 104 Å². The highest BCUT2D eigenvalue weighted by Crippen LogP contribution is 2.19. The Bertz CT molecular complexity index is 539. The zero-order chi connectivity index (χ0) is 13.1. The van der Waals surface area contributed by atoms with Gasteiger partial charge in [0.2, 0.25) is 0 Å². The van der Waals surface area contributed by atoms with E-state index in [-0.39, 0.29) is 6.04 Å². The molecule has 0 fully saturated rings. The first-order valence-corrected chi connectivity index (χ1v) is 5.57. The molecule has 4 nitrogen and oxygen atoms in total. The number of nitrogens with zero attached hydrogens (tertiary/aromatic N) is 3. The molecule has 0 aliphatic rings. The fourth-order valence-electron chi connectivity index (χ4n) is 1.80.